The minimum absolute atomic E-state index is 0.117. The molecule has 0 aromatic heterocycles. The molecule has 1 atom stereocenters. The maximum absolute atomic E-state index is 12.7. The number of benzene rings is 2. The maximum Gasteiger partial charge on any atom is 0.227 e. The van der Waals surface area contributed by atoms with E-state index < -0.39 is 0 Å². The van der Waals surface area contributed by atoms with E-state index in [2.05, 4.69) is 6.92 Å². The van der Waals surface area contributed by atoms with Crippen LogP contribution in [0.25, 0.3) is 0 Å². The van der Waals surface area contributed by atoms with Gasteiger partial charge >= 0.3 is 0 Å². The van der Waals surface area contributed by atoms with Gasteiger partial charge in [-0.3, -0.25) is 4.79 Å². The Morgan fingerprint density at radius 3 is 2.50 bits per heavy atom. The van der Waals surface area contributed by atoms with Gasteiger partial charge in [-0.15, -0.1) is 0 Å². The third-order valence-corrected chi connectivity index (χ3v) is 4.30. The molecule has 0 saturated heterocycles. The summed E-state index contributed by atoms with van der Waals surface area (Å²) in [6.45, 7) is 5.89. The molecule has 24 heavy (non-hydrogen) atoms. The number of fused-ring (bicyclic) bond motifs is 1. The van der Waals surface area contributed by atoms with E-state index in [-0.39, 0.29) is 11.8 Å². The first kappa shape index (κ1) is 16.4. The van der Waals surface area contributed by atoms with E-state index in [0.717, 1.165) is 22.7 Å². The van der Waals surface area contributed by atoms with E-state index >= 15 is 0 Å². The van der Waals surface area contributed by atoms with Gasteiger partial charge in [-0.05, 0) is 42.7 Å². The molecule has 0 aliphatic carbocycles. The summed E-state index contributed by atoms with van der Waals surface area (Å²) in [6, 6.07) is 15.7. The van der Waals surface area contributed by atoms with Crippen molar-refractivity contribution in [1.29, 1.82) is 0 Å². The summed E-state index contributed by atoms with van der Waals surface area (Å²) in [5, 5.41) is 0. The lowest BCUT2D eigenvalue weighted by atomic mass is 9.96. The van der Waals surface area contributed by atoms with E-state index in [0.29, 0.717) is 26.2 Å². The highest BCUT2D eigenvalue weighted by Gasteiger charge is 2.20. The zero-order chi connectivity index (χ0) is 16.9. The Morgan fingerprint density at radius 1 is 1.08 bits per heavy atom. The molecular formula is C20H23NO3. The summed E-state index contributed by atoms with van der Waals surface area (Å²) in [6.07, 6.45) is 0.461. The number of ether oxygens (including phenoxy) is 2. The van der Waals surface area contributed by atoms with Crippen molar-refractivity contribution >= 4 is 11.6 Å². The fourth-order valence-electron chi connectivity index (χ4n) is 2.97. The predicted octanol–water partition coefficient (Wildman–Crippen LogP) is 4.00. The first-order chi connectivity index (χ1) is 11.7. The van der Waals surface area contributed by atoms with Gasteiger partial charge < -0.3 is 14.4 Å². The Hall–Kier alpha value is -2.49. The van der Waals surface area contributed by atoms with Gasteiger partial charge in [0, 0.05) is 18.7 Å². The third-order valence-electron chi connectivity index (χ3n) is 4.30. The van der Waals surface area contributed by atoms with Crippen LogP contribution in [-0.4, -0.2) is 25.7 Å². The minimum atomic E-state index is 0.117. The van der Waals surface area contributed by atoms with Crippen LogP contribution in [0, 0.1) is 0 Å². The lowest BCUT2D eigenvalue weighted by Crippen LogP contribution is -2.31. The van der Waals surface area contributed by atoms with Gasteiger partial charge in [0.25, 0.3) is 0 Å². The Morgan fingerprint density at radius 2 is 1.79 bits per heavy atom. The lowest BCUT2D eigenvalue weighted by molar-refractivity contribution is -0.118. The Labute approximate surface area is 143 Å². The van der Waals surface area contributed by atoms with E-state index in [4.69, 9.17) is 9.47 Å². The highest BCUT2D eigenvalue weighted by Crippen LogP contribution is 2.34. The second-order valence-corrected chi connectivity index (χ2v) is 5.98. The number of hydrogen-bond acceptors (Lipinski definition) is 3. The van der Waals surface area contributed by atoms with Crippen LogP contribution in [0.15, 0.2) is 48.5 Å². The second kappa shape index (κ2) is 7.39. The highest BCUT2D eigenvalue weighted by atomic mass is 16.6. The van der Waals surface area contributed by atoms with Crippen molar-refractivity contribution in [2.45, 2.75) is 26.2 Å². The van der Waals surface area contributed by atoms with E-state index in [9.17, 15) is 4.79 Å². The molecule has 126 valence electrons. The average molecular weight is 325 g/mol. The molecule has 0 saturated carbocycles. The molecular weight excluding hydrogens is 302 g/mol. The highest BCUT2D eigenvalue weighted by molar-refractivity contribution is 5.93. The quantitative estimate of drug-likeness (QED) is 0.834. The topological polar surface area (TPSA) is 38.8 Å². The van der Waals surface area contributed by atoms with Crippen molar-refractivity contribution < 1.29 is 14.3 Å². The lowest BCUT2D eigenvalue weighted by Gasteiger charge is -2.24. The largest absolute Gasteiger partial charge is 0.486 e. The first-order valence-corrected chi connectivity index (χ1v) is 8.44. The van der Waals surface area contributed by atoms with Crippen LogP contribution in [-0.2, 0) is 4.79 Å². The molecule has 4 heteroatoms. The molecule has 1 aliphatic rings. The smallest absolute Gasteiger partial charge is 0.227 e. The van der Waals surface area contributed by atoms with Crippen LogP contribution in [0.4, 0.5) is 5.69 Å². The van der Waals surface area contributed by atoms with Gasteiger partial charge in [-0.2, -0.15) is 0 Å². The number of para-hydroxylation sites is 1. The zero-order valence-electron chi connectivity index (χ0n) is 14.2. The van der Waals surface area contributed by atoms with Gasteiger partial charge in [0.15, 0.2) is 11.5 Å². The summed E-state index contributed by atoms with van der Waals surface area (Å²) in [5.41, 5.74) is 2.04. The molecule has 0 N–H and O–H groups in total. The van der Waals surface area contributed by atoms with Crippen molar-refractivity contribution in [2.75, 3.05) is 24.7 Å². The van der Waals surface area contributed by atoms with Crippen molar-refractivity contribution in [1.82, 2.24) is 0 Å². The summed E-state index contributed by atoms with van der Waals surface area (Å²) in [5.74, 6) is 1.80. The molecule has 0 spiro atoms. The van der Waals surface area contributed by atoms with E-state index in [1.807, 2.05) is 60.4 Å². The summed E-state index contributed by atoms with van der Waals surface area (Å²) in [4.78, 5) is 14.5. The molecule has 1 unspecified atom stereocenters. The normalized spacial score (nSPS) is 14.1. The van der Waals surface area contributed by atoms with Crippen molar-refractivity contribution in [2.24, 2.45) is 0 Å². The van der Waals surface area contributed by atoms with Crippen molar-refractivity contribution in [3.63, 3.8) is 0 Å². The first-order valence-electron chi connectivity index (χ1n) is 8.44. The van der Waals surface area contributed by atoms with Gasteiger partial charge in [0.1, 0.15) is 13.2 Å². The number of carbonyl (C=O) groups is 1. The standard InChI is InChI=1S/C20H23NO3/c1-3-21(17-7-5-4-6-8-17)20(22)13-15(2)16-9-10-18-19(14-16)24-12-11-23-18/h4-10,14-15H,3,11-13H2,1-2H3. The molecule has 1 aliphatic heterocycles. The molecule has 2 aromatic rings. The fourth-order valence-corrected chi connectivity index (χ4v) is 2.97. The number of nitrogens with zero attached hydrogens (tertiary/aromatic N) is 1. The predicted molar refractivity (Wildman–Crippen MR) is 94.9 cm³/mol. The molecule has 0 fully saturated rings. The van der Waals surface area contributed by atoms with Crippen LogP contribution >= 0.6 is 0 Å². The fraction of sp³-hybridized carbons (Fsp3) is 0.350. The Balaban J connectivity index is 1.71. The van der Waals surface area contributed by atoms with Crippen molar-refractivity contribution in [3.05, 3.63) is 54.1 Å². The number of rotatable bonds is 5. The van der Waals surface area contributed by atoms with Gasteiger partial charge in [-0.25, -0.2) is 0 Å². The summed E-state index contributed by atoms with van der Waals surface area (Å²) < 4.78 is 11.2. The zero-order valence-corrected chi connectivity index (χ0v) is 14.2. The third kappa shape index (κ3) is 3.53. The Kier molecular flexibility index (Phi) is 5.04. The number of hydrogen-bond donors (Lipinski definition) is 0. The second-order valence-electron chi connectivity index (χ2n) is 5.98. The van der Waals surface area contributed by atoms with Crippen LogP contribution < -0.4 is 14.4 Å². The van der Waals surface area contributed by atoms with Crippen LogP contribution in [0.1, 0.15) is 31.7 Å². The van der Waals surface area contributed by atoms with Crippen LogP contribution in [0.3, 0.4) is 0 Å². The molecule has 1 heterocycles. The molecule has 1 amide bonds. The number of amides is 1. The van der Waals surface area contributed by atoms with Crippen LogP contribution in [0.2, 0.25) is 0 Å². The minimum Gasteiger partial charge on any atom is -0.486 e. The molecule has 0 radical (unpaired) electrons. The number of anilines is 1. The summed E-state index contributed by atoms with van der Waals surface area (Å²) in [7, 11) is 0. The average Bonchev–Trinajstić information content (AvgIpc) is 2.62. The molecule has 0 bridgehead atoms. The van der Waals surface area contributed by atoms with E-state index in [1.54, 1.807) is 0 Å². The van der Waals surface area contributed by atoms with Gasteiger partial charge in [0.05, 0.1) is 0 Å². The molecule has 3 rings (SSSR count). The van der Waals surface area contributed by atoms with Crippen molar-refractivity contribution in [3.8, 4) is 11.5 Å². The van der Waals surface area contributed by atoms with Gasteiger partial charge in [0.2, 0.25) is 5.91 Å². The van der Waals surface area contributed by atoms with E-state index in [1.165, 1.54) is 0 Å². The Bertz CT molecular complexity index is 699. The molecule has 4 nitrogen and oxygen atoms in total. The van der Waals surface area contributed by atoms with Gasteiger partial charge in [-0.1, -0.05) is 31.2 Å². The van der Waals surface area contributed by atoms with Crippen LogP contribution in [0.5, 0.6) is 11.5 Å². The number of carbonyl (C=O) groups excluding carboxylic acids is 1. The summed E-state index contributed by atoms with van der Waals surface area (Å²) >= 11 is 0. The maximum atomic E-state index is 12.7. The SMILES string of the molecule is CCN(C(=O)CC(C)c1ccc2c(c1)OCCO2)c1ccccc1. The monoisotopic (exact) mass is 325 g/mol. The molecule has 2 aromatic carbocycles.